The summed E-state index contributed by atoms with van der Waals surface area (Å²) in [5, 5.41) is 5.40. The average molecular weight is 379 g/mol. The van der Waals surface area contributed by atoms with Crippen molar-refractivity contribution in [3.8, 4) is 0 Å². The maximum atomic E-state index is 12.4. The van der Waals surface area contributed by atoms with Crippen molar-refractivity contribution in [3.05, 3.63) is 64.7 Å². The number of benzene rings is 2. The first-order valence-corrected chi connectivity index (χ1v) is 9.05. The van der Waals surface area contributed by atoms with Crippen LogP contribution in [-0.4, -0.2) is 41.6 Å². The van der Waals surface area contributed by atoms with Crippen molar-refractivity contribution in [3.63, 3.8) is 0 Å². The number of nitrogens with zero attached hydrogens (tertiary/aromatic N) is 1. The number of carbonyl (C=O) groups excluding carboxylic acids is 4. The second kappa shape index (κ2) is 8.04. The molecule has 0 radical (unpaired) electrons. The summed E-state index contributed by atoms with van der Waals surface area (Å²) < 4.78 is 0. The van der Waals surface area contributed by atoms with Crippen LogP contribution in [0.15, 0.2) is 42.5 Å². The summed E-state index contributed by atoms with van der Waals surface area (Å²) in [7, 11) is 0. The number of amides is 4. The third-order valence-corrected chi connectivity index (χ3v) is 4.46. The van der Waals surface area contributed by atoms with Gasteiger partial charge in [-0.05, 0) is 50.2 Å². The van der Waals surface area contributed by atoms with Crippen molar-refractivity contribution in [2.75, 3.05) is 18.4 Å². The molecule has 144 valence electrons. The first kappa shape index (κ1) is 19.3. The molecule has 28 heavy (non-hydrogen) atoms. The molecule has 0 aliphatic carbocycles. The number of nitrogens with one attached hydrogen (secondary N) is 2. The second-order valence-corrected chi connectivity index (χ2v) is 6.55. The molecule has 0 saturated heterocycles. The Kier molecular flexibility index (Phi) is 5.54. The van der Waals surface area contributed by atoms with Gasteiger partial charge in [-0.1, -0.05) is 11.6 Å². The summed E-state index contributed by atoms with van der Waals surface area (Å²) in [6.45, 7) is 4.23. The van der Waals surface area contributed by atoms with Crippen molar-refractivity contribution in [1.29, 1.82) is 0 Å². The van der Waals surface area contributed by atoms with Crippen LogP contribution in [0.4, 0.5) is 5.69 Å². The van der Waals surface area contributed by atoms with Gasteiger partial charge in [0.2, 0.25) is 5.91 Å². The highest BCUT2D eigenvalue weighted by Gasteiger charge is 2.35. The van der Waals surface area contributed by atoms with Gasteiger partial charge in [-0.3, -0.25) is 24.1 Å². The highest BCUT2D eigenvalue weighted by Crippen LogP contribution is 2.24. The number of hydrogen-bond donors (Lipinski definition) is 2. The standard InChI is InChI=1S/C21H21N3O4/c1-3-22-19(26)14-5-7-15(8-6-14)23-18(25)10-11-24-20(27)16-9-4-13(2)12-17(16)21(24)28/h4-9,12H,3,10-11H2,1-2H3,(H,22,26)(H,23,25). The molecule has 0 unspecified atom stereocenters. The van der Waals surface area contributed by atoms with Gasteiger partial charge in [0.15, 0.2) is 0 Å². The molecule has 4 amide bonds. The Morgan fingerprint density at radius 1 is 0.964 bits per heavy atom. The lowest BCUT2D eigenvalue weighted by atomic mass is 10.1. The summed E-state index contributed by atoms with van der Waals surface area (Å²) in [5.74, 6) is -1.25. The molecule has 1 aliphatic rings. The minimum atomic E-state index is -0.376. The van der Waals surface area contributed by atoms with Gasteiger partial charge in [-0.25, -0.2) is 0 Å². The summed E-state index contributed by atoms with van der Waals surface area (Å²) in [6, 6.07) is 11.6. The quantitative estimate of drug-likeness (QED) is 0.753. The summed E-state index contributed by atoms with van der Waals surface area (Å²) >= 11 is 0. The zero-order chi connectivity index (χ0) is 20.3. The van der Waals surface area contributed by atoms with Gasteiger partial charge in [0, 0.05) is 30.8 Å². The van der Waals surface area contributed by atoms with E-state index >= 15 is 0 Å². The Balaban J connectivity index is 1.57. The summed E-state index contributed by atoms with van der Waals surface area (Å²) in [4.78, 5) is 49.8. The Bertz CT molecular complexity index is 951. The molecular weight excluding hydrogens is 358 g/mol. The first-order valence-electron chi connectivity index (χ1n) is 9.05. The third-order valence-electron chi connectivity index (χ3n) is 4.46. The smallest absolute Gasteiger partial charge is 0.261 e. The van der Waals surface area contributed by atoms with E-state index in [0.29, 0.717) is 28.9 Å². The van der Waals surface area contributed by atoms with Gasteiger partial charge in [0.1, 0.15) is 0 Å². The largest absolute Gasteiger partial charge is 0.352 e. The number of imide groups is 1. The zero-order valence-corrected chi connectivity index (χ0v) is 15.7. The fourth-order valence-corrected chi connectivity index (χ4v) is 3.01. The topological polar surface area (TPSA) is 95.6 Å². The molecule has 2 aromatic carbocycles. The van der Waals surface area contributed by atoms with Crippen LogP contribution in [0.1, 0.15) is 50.0 Å². The van der Waals surface area contributed by atoms with E-state index in [0.717, 1.165) is 10.5 Å². The lowest BCUT2D eigenvalue weighted by Gasteiger charge is -2.13. The number of carbonyl (C=O) groups is 4. The molecule has 3 rings (SSSR count). The number of fused-ring (bicyclic) bond motifs is 1. The van der Waals surface area contributed by atoms with Crippen LogP contribution in [0, 0.1) is 6.92 Å². The Morgan fingerprint density at radius 3 is 2.32 bits per heavy atom. The number of anilines is 1. The molecule has 0 fully saturated rings. The van der Waals surface area contributed by atoms with Crippen LogP contribution >= 0.6 is 0 Å². The van der Waals surface area contributed by atoms with Crippen molar-refractivity contribution in [1.82, 2.24) is 10.2 Å². The molecule has 0 bridgehead atoms. The SMILES string of the molecule is CCNC(=O)c1ccc(NC(=O)CCN2C(=O)c3ccc(C)cc3C2=O)cc1. The van der Waals surface area contributed by atoms with Crippen molar-refractivity contribution in [2.45, 2.75) is 20.3 Å². The van der Waals surface area contributed by atoms with Crippen LogP contribution in [0.25, 0.3) is 0 Å². The second-order valence-electron chi connectivity index (χ2n) is 6.55. The van der Waals surface area contributed by atoms with E-state index in [4.69, 9.17) is 0 Å². The van der Waals surface area contributed by atoms with E-state index in [9.17, 15) is 19.2 Å². The first-order chi connectivity index (χ1) is 13.4. The molecule has 1 heterocycles. The van der Waals surface area contributed by atoms with E-state index < -0.39 is 0 Å². The third kappa shape index (κ3) is 3.93. The predicted molar refractivity (Wildman–Crippen MR) is 104 cm³/mol. The van der Waals surface area contributed by atoms with Gasteiger partial charge >= 0.3 is 0 Å². The molecule has 0 spiro atoms. The maximum Gasteiger partial charge on any atom is 0.261 e. The molecule has 1 aliphatic heterocycles. The van der Waals surface area contributed by atoms with Gasteiger partial charge < -0.3 is 10.6 Å². The summed E-state index contributed by atoms with van der Waals surface area (Å²) in [6.07, 6.45) is -0.0114. The average Bonchev–Trinajstić information content (AvgIpc) is 2.90. The van der Waals surface area contributed by atoms with Gasteiger partial charge in [-0.2, -0.15) is 0 Å². The molecule has 2 aromatic rings. The minimum Gasteiger partial charge on any atom is -0.352 e. The van der Waals surface area contributed by atoms with E-state index in [1.54, 1.807) is 42.5 Å². The molecular formula is C21H21N3O4. The summed E-state index contributed by atoms with van der Waals surface area (Å²) in [5.41, 5.74) is 2.69. The molecule has 0 saturated carbocycles. The van der Waals surface area contributed by atoms with Gasteiger partial charge in [0.05, 0.1) is 11.1 Å². The fourth-order valence-electron chi connectivity index (χ4n) is 3.01. The van der Waals surface area contributed by atoms with E-state index in [2.05, 4.69) is 10.6 Å². The van der Waals surface area contributed by atoms with E-state index in [-0.39, 0.29) is 36.6 Å². The van der Waals surface area contributed by atoms with Crippen molar-refractivity contribution >= 4 is 29.3 Å². The molecule has 7 nitrogen and oxygen atoms in total. The Hall–Kier alpha value is -3.48. The van der Waals surface area contributed by atoms with E-state index in [1.807, 2.05) is 13.8 Å². The molecule has 0 aromatic heterocycles. The van der Waals surface area contributed by atoms with Crippen LogP contribution in [-0.2, 0) is 4.79 Å². The fraction of sp³-hybridized carbons (Fsp3) is 0.238. The van der Waals surface area contributed by atoms with Crippen LogP contribution < -0.4 is 10.6 Å². The normalized spacial score (nSPS) is 12.7. The van der Waals surface area contributed by atoms with Crippen molar-refractivity contribution < 1.29 is 19.2 Å². The highest BCUT2D eigenvalue weighted by molar-refractivity contribution is 6.21. The predicted octanol–water partition coefficient (Wildman–Crippen LogP) is 2.37. The molecule has 0 atom stereocenters. The molecule has 2 N–H and O–H groups in total. The zero-order valence-electron chi connectivity index (χ0n) is 15.7. The van der Waals surface area contributed by atoms with Gasteiger partial charge in [0.25, 0.3) is 17.7 Å². The van der Waals surface area contributed by atoms with E-state index in [1.165, 1.54) is 0 Å². The Labute approximate surface area is 162 Å². The van der Waals surface area contributed by atoms with Crippen LogP contribution in [0.3, 0.4) is 0 Å². The number of aryl methyl sites for hydroxylation is 1. The highest BCUT2D eigenvalue weighted by atomic mass is 16.2. The number of rotatable bonds is 6. The lowest BCUT2D eigenvalue weighted by Crippen LogP contribution is -2.32. The van der Waals surface area contributed by atoms with Crippen LogP contribution in [0.2, 0.25) is 0 Å². The lowest BCUT2D eigenvalue weighted by molar-refractivity contribution is -0.116. The Morgan fingerprint density at radius 2 is 1.64 bits per heavy atom. The maximum absolute atomic E-state index is 12.4. The van der Waals surface area contributed by atoms with Crippen LogP contribution in [0.5, 0.6) is 0 Å². The number of hydrogen-bond acceptors (Lipinski definition) is 4. The minimum absolute atomic E-state index is 0.00815. The van der Waals surface area contributed by atoms with Crippen molar-refractivity contribution in [2.24, 2.45) is 0 Å². The van der Waals surface area contributed by atoms with Gasteiger partial charge in [-0.15, -0.1) is 0 Å². The monoisotopic (exact) mass is 379 g/mol. The molecule has 7 heteroatoms.